The van der Waals surface area contributed by atoms with Crippen LogP contribution in [0.25, 0.3) is 0 Å². The van der Waals surface area contributed by atoms with Crippen LogP contribution in [0.2, 0.25) is 0 Å². The zero-order chi connectivity index (χ0) is 14.9. The van der Waals surface area contributed by atoms with Crippen molar-refractivity contribution < 1.29 is 8.42 Å². The number of sulfonamides is 1. The van der Waals surface area contributed by atoms with Gasteiger partial charge in [0.1, 0.15) is 4.90 Å². The average molecular weight is 311 g/mol. The van der Waals surface area contributed by atoms with Gasteiger partial charge < -0.3 is 5.32 Å². The largest absolute Gasteiger partial charge is 0.357 e. The van der Waals surface area contributed by atoms with E-state index in [1.807, 2.05) is 0 Å². The minimum Gasteiger partial charge on any atom is -0.357 e. The Morgan fingerprint density at radius 2 is 1.90 bits per heavy atom. The van der Waals surface area contributed by atoms with E-state index in [-0.39, 0.29) is 4.90 Å². The van der Waals surface area contributed by atoms with Crippen molar-refractivity contribution in [3.8, 4) is 0 Å². The lowest BCUT2D eigenvalue weighted by molar-refractivity contribution is 0.257. The summed E-state index contributed by atoms with van der Waals surface area (Å²) in [6, 6.07) is 0.361. The van der Waals surface area contributed by atoms with Gasteiger partial charge in [-0.3, -0.25) is 4.90 Å². The molecule has 2 aliphatic rings. The van der Waals surface area contributed by atoms with Gasteiger partial charge in [-0.05, 0) is 32.4 Å². The van der Waals surface area contributed by atoms with Crippen molar-refractivity contribution in [2.45, 2.75) is 30.2 Å². The number of hydrogen-bond donors (Lipinski definition) is 1. The molecule has 0 saturated carbocycles. The molecule has 0 radical (unpaired) electrons. The number of aromatic nitrogens is 2. The summed E-state index contributed by atoms with van der Waals surface area (Å²) in [6.07, 6.45) is 5.89. The molecule has 1 atom stereocenters. The molecule has 7 nitrogen and oxygen atoms in total. The fraction of sp³-hybridized carbons (Fsp3) is 0.692. The van der Waals surface area contributed by atoms with Gasteiger partial charge in [-0.1, -0.05) is 0 Å². The van der Waals surface area contributed by atoms with E-state index < -0.39 is 10.0 Å². The van der Waals surface area contributed by atoms with Gasteiger partial charge in [0, 0.05) is 26.2 Å². The van der Waals surface area contributed by atoms with Gasteiger partial charge in [0.05, 0.1) is 12.4 Å². The highest BCUT2D eigenvalue weighted by atomic mass is 32.2. The van der Waals surface area contributed by atoms with Gasteiger partial charge in [-0.25, -0.2) is 18.4 Å². The lowest BCUT2D eigenvalue weighted by Gasteiger charge is -2.25. The Hall–Kier alpha value is -1.25. The molecule has 2 aliphatic heterocycles. The molecule has 21 heavy (non-hydrogen) atoms. The van der Waals surface area contributed by atoms with Gasteiger partial charge in [0.2, 0.25) is 16.0 Å². The van der Waals surface area contributed by atoms with Crippen LogP contribution in [-0.4, -0.2) is 66.9 Å². The van der Waals surface area contributed by atoms with Gasteiger partial charge in [-0.15, -0.1) is 0 Å². The first-order chi connectivity index (χ1) is 10.1. The predicted molar refractivity (Wildman–Crippen MR) is 79.5 cm³/mol. The van der Waals surface area contributed by atoms with E-state index in [1.54, 1.807) is 11.4 Å². The molecule has 0 aliphatic carbocycles. The monoisotopic (exact) mass is 311 g/mol. The van der Waals surface area contributed by atoms with Gasteiger partial charge in [0.25, 0.3) is 0 Å². The molecule has 3 heterocycles. The summed E-state index contributed by atoms with van der Waals surface area (Å²) in [7, 11) is -1.79. The second-order valence-electron chi connectivity index (χ2n) is 5.54. The molecular formula is C13H21N5O2S. The molecule has 0 aromatic carbocycles. The molecule has 116 valence electrons. The average Bonchev–Trinajstić information content (AvgIpc) is 2.84. The minimum atomic E-state index is -3.50. The second kappa shape index (κ2) is 5.86. The van der Waals surface area contributed by atoms with Crippen LogP contribution < -0.4 is 5.32 Å². The molecule has 1 aromatic rings. The van der Waals surface area contributed by atoms with Crippen molar-refractivity contribution in [3.63, 3.8) is 0 Å². The summed E-state index contributed by atoms with van der Waals surface area (Å²) in [5, 5.41) is 2.79. The van der Waals surface area contributed by atoms with Crippen LogP contribution in [0.3, 0.4) is 0 Å². The van der Waals surface area contributed by atoms with Crippen LogP contribution in [0.5, 0.6) is 0 Å². The molecule has 3 rings (SSSR count). The predicted octanol–water partition coefficient (Wildman–Crippen LogP) is 0.377. The van der Waals surface area contributed by atoms with E-state index in [0.717, 1.165) is 25.9 Å². The Kier molecular flexibility index (Phi) is 4.10. The van der Waals surface area contributed by atoms with E-state index in [2.05, 4.69) is 20.2 Å². The van der Waals surface area contributed by atoms with Crippen molar-refractivity contribution in [2.24, 2.45) is 0 Å². The Morgan fingerprint density at radius 3 is 2.62 bits per heavy atom. The molecule has 0 spiro atoms. The first kappa shape index (κ1) is 14.7. The smallest absolute Gasteiger partial charge is 0.246 e. The van der Waals surface area contributed by atoms with Crippen LogP contribution in [0.1, 0.15) is 19.3 Å². The van der Waals surface area contributed by atoms with Crippen LogP contribution in [0.4, 0.5) is 5.95 Å². The lowest BCUT2D eigenvalue weighted by atomic mass is 10.2. The van der Waals surface area contributed by atoms with Crippen LogP contribution in [0, 0.1) is 0 Å². The third-order valence-corrected chi connectivity index (χ3v) is 6.07. The Morgan fingerprint density at radius 1 is 1.19 bits per heavy atom. The maximum absolute atomic E-state index is 12.7. The minimum absolute atomic E-state index is 0.174. The summed E-state index contributed by atoms with van der Waals surface area (Å²) in [6.45, 7) is 3.24. The van der Waals surface area contributed by atoms with E-state index in [4.69, 9.17) is 0 Å². The number of anilines is 1. The number of fused-ring (bicyclic) bond motifs is 1. The highest BCUT2D eigenvalue weighted by Crippen LogP contribution is 2.25. The zero-order valence-electron chi connectivity index (χ0n) is 12.2. The fourth-order valence-electron chi connectivity index (χ4n) is 3.12. The van der Waals surface area contributed by atoms with E-state index in [9.17, 15) is 8.42 Å². The number of nitrogens with one attached hydrogen (secondary N) is 1. The lowest BCUT2D eigenvalue weighted by Crippen LogP contribution is -2.39. The Labute approximate surface area is 125 Å². The molecule has 1 unspecified atom stereocenters. The molecule has 1 N–H and O–H groups in total. The van der Waals surface area contributed by atoms with Crippen LogP contribution in [0.15, 0.2) is 17.3 Å². The summed E-state index contributed by atoms with van der Waals surface area (Å²) < 4.78 is 27.1. The summed E-state index contributed by atoms with van der Waals surface area (Å²) in [5.74, 6) is 0.423. The van der Waals surface area contributed by atoms with Crippen molar-refractivity contribution in [3.05, 3.63) is 12.4 Å². The molecule has 1 aromatic heterocycles. The Balaban J connectivity index is 1.82. The Bertz CT molecular complexity index is 589. The van der Waals surface area contributed by atoms with Gasteiger partial charge in [-0.2, -0.15) is 4.31 Å². The maximum atomic E-state index is 12.7. The quantitative estimate of drug-likeness (QED) is 0.869. The van der Waals surface area contributed by atoms with Crippen molar-refractivity contribution in [1.82, 2.24) is 19.2 Å². The molecule has 8 heteroatoms. The van der Waals surface area contributed by atoms with Crippen molar-refractivity contribution >= 4 is 16.0 Å². The summed E-state index contributed by atoms with van der Waals surface area (Å²) in [4.78, 5) is 10.6. The maximum Gasteiger partial charge on any atom is 0.246 e. The molecule has 0 bridgehead atoms. The standard InChI is InChI=1S/C13H21N5O2S/c1-14-13-15-8-12(9-16-13)21(19,20)18-7-3-6-17-5-2-4-11(17)10-18/h8-9,11H,2-7,10H2,1H3,(H,14,15,16). The highest BCUT2D eigenvalue weighted by Gasteiger charge is 2.34. The summed E-state index contributed by atoms with van der Waals surface area (Å²) in [5.41, 5.74) is 0. The fourth-order valence-corrected chi connectivity index (χ4v) is 4.53. The second-order valence-corrected chi connectivity index (χ2v) is 7.48. The van der Waals surface area contributed by atoms with E-state index in [1.165, 1.54) is 18.8 Å². The van der Waals surface area contributed by atoms with Gasteiger partial charge in [0.15, 0.2) is 0 Å². The first-order valence-corrected chi connectivity index (χ1v) is 8.79. The highest BCUT2D eigenvalue weighted by molar-refractivity contribution is 7.89. The van der Waals surface area contributed by atoms with Crippen LogP contribution in [-0.2, 0) is 10.0 Å². The number of rotatable bonds is 3. The van der Waals surface area contributed by atoms with Crippen molar-refractivity contribution in [2.75, 3.05) is 38.5 Å². The van der Waals surface area contributed by atoms with Gasteiger partial charge >= 0.3 is 0 Å². The number of hydrogen-bond acceptors (Lipinski definition) is 6. The first-order valence-electron chi connectivity index (χ1n) is 7.35. The topological polar surface area (TPSA) is 78.4 Å². The van der Waals surface area contributed by atoms with Crippen LogP contribution >= 0.6 is 0 Å². The normalized spacial score (nSPS) is 24.5. The molecule has 2 fully saturated rings. The molecule has 0 amide bonds. The molecule has 2 saturated heterocycles. The third kappa shape index (κ3) is 2.88. The van der Waals surface area contributed by atoms with E-state index >= 15 is 0 Å². The zero-order valence-corrected chi connectivity index (χ0v) is 13.0. The van der Waals surface area contributed by atoms with Crippen molar-refractivity contribution in [1.29, 1.82) is 0 Å². The third-order valence-electron chi connectivity index (χ3n) is 4.26. The van der Waals surface area contributed by atoms with E-state index in [0.29, 0.717) is 25.1 Å². The molecular weight excluding hydrogens is 290 g/mol. The summed E-state index contributed by atoms with van der Waals surface area (Å²) >= 11 is 0. The number of nitrogens with zero attached hydrogens (tertiary/aromatic N) is 4. The SMILES string of the molecule is CNc1ncc(S(=O)(=O)N2CCCN3CCCC3C2)cn1.